The van der Waals surface area contributed by atoms with Crippen LogP contribution in [0.4, 0.5) is 0 Å². The van der Waals surface area contributed by atoms with Crippen molar-refractivity contribution < 1.29 is 0 Å². The lowest BCUT2D eigenvalue weighted by molar-refractivity contribution is 0.319. The molecule has 0 aliphatic heterocycles. The molecule has 10 aromatic carbocycles. The molecule has 2 spiro atoms. The van der Waals surface area contributed by atoms with Crippen LogP contribution in [0, 0.1) is 0 Å². The summed E-state index contributed by atoms with van der Waals surface area (Å²) >= 11 is 0. The van der Waals surface area contributed by atoms with Crippen molar-refractivity contribution in [1.82, 2.24) is 4.90 Å². The van der Waals surface area contributed by atoms with Crippen molar-refractivity contribution in [2.75, 3.05) is 7.05 Å². The lowest BCUT2D eigenvalue weighted by atomic mass is 9.61. The van der Waals surface area contributed by atoms with Crippen LogP contribution in [0.25, 0.3) is 33.4 Å². The minimum absolute atomic E-state index is 0.196. The molecule has 0 atom stereocenters. The maximum Gasteiger partial charge on any atom is 0.0719 e. The highest BCUT2D eigenvalue weighted by Crippen LogP contribution is 2.61. The molecular formula is C88H111N. The van der Waals surface area contributed by atoms with Crippen molar-refractivity contribution in [3.8, 4) is 33.4 Å². The molecule has 0 fully saturated rings. The number of benzene rings is 10. The molecule has 0 N–H and O–H groups in total. The van der Waals surface area contributed by atoms with Crippen molar-refractivity contribution in [3.63, 3.8) is 0 Å². The normalized spacial score (nSPS) is 12.1. The van der Waals surface area contributed by atoms with E-state index in [9.17, 15) is 0 Å². The lowest BCUT2D eigenvalue weighted by Gasteiger charge is -2.40. The van der Waals surface area contributed by atoms with E-state index >= 15 is 0 Å². The van der Waals surface area contributed by atoms with Crippen LogP contribution in [0.5, 0.6) is 0 Å². The van der Waals surface area contributed by atoms with Gasteiger partial charge in [-0.25, -0.2) is 0 Å². The van der Waals surface area contributed by atoms with E-state index in [1.165, 1.54) is 122 Å². The van der Waals surface area contributed by atoms with Gasteiger partial charge in [0.05, 0.1) is 10.8 Å². The average molecular weight is 1180 g/mol. The zero-order chi connectivity index (χ0) is 65.7. The van der Waals surface area contributed by atoms with Gasteiger partial charge in [-0.2, -0.15) is 0 Å². The van der Waals surface area contributed by atoms with Gasteiger partial charge in [-0.3, -0.25) is 4.90 Å². The van der Waals surface area contributed by atoms with E-state index in [1.54, 1.807) is 0 Å². The molecule has 5 aliphatic rings. The summed E-state index contributed by atoms with van der Waals surface area (Å²) < 4.78 is 0. The molecule has 15 rings (SSSR count). The first-order chi connectivity index (χ1) is 44.1. The van der Waals surface area contributed by atoms with Crippen LogP contribution in [-0.2, 0) is 43.2 Å². The Labute approximate surface area is 543 Å². The summed E-state index contributed by atoms with van der Waals surface area (Å²) in [6, 6.07) is 86.3. The second-order valence-electron chi connectivity index (χ2n) is 20.0. The van der Waals surface area contributed by atoms with Crippen molar-refractivity contribution in [2.24, 2.45) is 0 Å². The topological polar surface area (TPSA) is 3.24 Å². The Kier molecular flexibility index (Phi) is 30.8. The maximum atomic E-state index is 2.53. The molecule has 468 valence electrons. The van der Waals surface area contributed by atoms with Gasteiger partial charge in [0, 0.05) is 13.1 Å². The average Bonchev–Trinajstić information content (AvgIpc) is 1.70. The minimum atomic E-state index is -0.296. The first-order valence-electron chi connectivity index (χ1n) is 34.8. The summed E-state index contributed by atoms with van der Waals surface area (Å²) in [5.41, 5.74) is 30.7. The lowest BCUT2D eigenvalue weighted by Crippen LogP contribution is -2.34. The van der Waals surface area contributed by atoms with E-state index in [2.05, 4.69) is 242 Å². The van der Waals surface area contributed by atoms with E-state index in [1.807, 2.05) is 138 Å². The Morgan fingerprint density at radius 1 is 0.247 bits per heavy atom. The predicted molar refractivity (Wildman–Crippen MR) is 396 cm³/mol. The fourth-order valence-corrected chi connectivity index (χ4v) is 13.7. The molecule has 0 radical (unpaired) electrons. The molecule has 0 aromatic heterocycles. The van der Waals surface area contributed by atoms with Gasteiger partial charge < -0.3 is 0 Å². The molecule has 1 nitrogen and oxygen atoms in total. The van der Waals surface area contributed by atoms with E-state index in [0.717, 1.165) is 32.4 Å². The molecule has 89 heavy (non-hydrogen) atoms. The van der Waals surface area contributed by atoms with Crippen LogP contribution in [0.15, 0.2) is 231 Å². The fourth-order valence-electron chi connectivity index (χ4n) is 13.7. The molecule has 0 unspecified atom stereocenters. The van der Waals surface area contributed by atoms with Crippen LogP contribution in [0.2, 0.25) is 0 Å². The number of rotatable bonds is 4. The SMILES string of the molecule is CC.CC.CC.CC.CC.CC.CC.CC.CC.CC.CN(Cc1ccc2c(c1)C1(c3ccccc3C2)c2ccccc2-c2ccccc21)Cc1cccc2c1-c1ccccc1C2.c1ccc2c(c1)Cc1ccccc1C21c2ccccc2-c2ccccc21. The molecule has 0 saturated heterocycles. The number of fused-ring (bicyclic) bond motifs is 21. The van der Waals surface area contributed by atoms with E-state index in [-0.39, 0.29) is 10.8 Å². The molecule has 5 aliphatic carbocycles. The Bertz CT molecular complexity index is 3560. The van der Waals surface area contributed by atoms with Crippen molar-refractivity contribution in [3.05, 3.63) is 320 Å². The third kappa shape index (κ3) is 14.0. The Hall–Kier alpha value is -7.84. The highest BCUT2D eigenvalue weighted by atomic mass is 15.1. The van der Waals surface area contributed by atoms with Crippen LogP contribution in [-0.4, -0.2) is 11.9 Å². The fraction of sp³-hybridized carbons (Fsp3) is 0.318. The van der Waals surface area contributed by atoms with Crippen LogP contribution in [0.1, 0.15) is 227 Å². The van der Waals surface area contributed by atoms with Gasteiger partial charge in [-0.1, -0.05) is 369 Å². The van der Waals surface area contributed by atoms with Crippen molar-refractivity contribution >= 4 is 0 Å². The molecule has 0 bridgehead atoms. The largest absolute Gasteiger partial charge is 0.298 e. The molecule has 0 heterocycles. The molecule has 0 saturated carbocycles. The summed E-state index contributed by atoms with van der Waals surface area (Å²) in [5, 5.41) is 0. The monoisotopic (exact) mass is 1180 g/mol. The van der Waals surface area contributed by atoms with E-state index < -0.39 is 0 Å². The summed E-state index contributed by atoms with van der Waals surface area (Å²) in [4.78, 5) is 2.48. The number of hydrogen-bond donors (Lipinski definition) is 0. The summed E-state index contributed by atoms with van der Waals surface area (Å²) in [5.74, 6) is 0. The van der Waals surface area contributed by atoms with E-state index in [4.69, 9.17) is 0 Å². The zero-order valence-electron chi connectivity index (χ0n) is 58.9. The Morgan fingerprint density at radius 3 is 0.910 bits per heavy atom. The third-order valence-electron chi connectivity index (χ3n) is 16.3. The Balaban J connectivity index is 0.000000316. The second-order valence-corrected chi connectivity index (χ2v) is 20.0. The van der Waals surface area contributed by atoms with Crippen LogP contribution >= 0.6 is 0 Å². The predicted octanol–water partition coefficient (Wildman–Crippen LogP) is 25.4. The number of nitrogens with zero attached hydrogens (tertiary/aromatic N) is 1. The van der Waals surface area contributed by atoms with Gasteiger partial charge >= 0.3 is 0 Å². The minimum Gasteiger partial charge on any atom is -0.298 e. The standard InChI is InChI=1S/C42H33N.C26H18.10C2H6/c1-43(27-33-14-10-13-32-24-29-11-2-4-15-34(29)41(32)33)26-28-21-22-31-25-30-12-3-7-18-37(30)42(40(31)23-28)38-19-8-5-16-35(38)36-17-6-9-20-39(36)42;1-5-13-22-18(9-1)17-19-10-2-6-14-23(19)26(22)24-15-7-3-11-20(24)21-12-4-8-16-25(21)26;10*1-2/h2-23H,24-27H2,1H3;1-16H,17H2;10*1-2H3. The Morgan fingerprint density at radius 2 is 0.528 bits per heavy atom. The third-order valence-corrected chi connectivity index (χ3v) is 16.3. The van der Waals surface area contributed by atoms with Crippen molar-refractivity contribution in [2.45, 2.75) is 182 Å². The summed E-state index contributed by atoms with van der Waals surface area (Å²) in [6.07, 6.45) is 3.03. The maximum absolute atomic E-state index is 2.53. The first-order valence-corrected chi connectivity index (χ1v) is 34.8. The highest BCUT2D eigenvalue weighted by Gasteiger charge is 2.51. The molecule has 10 aromatic rings. The number of hydrogen-bond acceptors (Lipinski definition) is 1. The van der Waals surface area contributed by atoms with Gasteiger partial charge in [0.1, 0.15) is 0 Å². The molecule has 1 heteroatoms. The van der Waals surface area contributed by atoms with Gasteiger partial charge in [-0.05, 0) is 149 Å². The highest BCUT2D eigenvalue weighted by molar-refractivity contribution is 5.89. The van der Waals surface area contributed by atoms with Gasteiger partial charge in [-0.15, -0.1) is 0 Å². The second kappa shape index (κ2) is 37.2. The molecular weight excluding hydrogens is 1070 g/mol. The van der Waals surface area contributed by atoms with Crippen molar-refractivity contribution in [1.29, 1.82) is 0 Å². The van der Waals surface area contributed by atoms with Crippen LogP contribution < -0.4 is 0 Å². The van der Waals surface area contributed by atoms with Crippen LogP contribution in [0.3, 0.4) is 0 Å². The van der Waals surface area contributed by atoms with Gasteiger partial charge in [0.15, 0.2) is 0 Å². The molecule has 0 amide bonds. The van der Waals surface area contributed by atoms with Gasteiger partial charge in [0.2, 0.25) is 0 Å². The summed E-state index contributed by atoms with van der Waals surface area (Å²) in [6.45, 7) is 41.8. The first kappa shape index (κ1) is 73.6. The van der Waals surface area contributed by atoms with E-state index in [0.29, 0.717) is 0 Å². The van der Waals surface area contributed by atoms with Gasteiger partial charge in [0.25, 0.3) is 0 Å². The quantitative estimate of drug-likeness (QED) is 0.170. The zero-order valence-corrected chi connectivity index (χ0v) is 58.9. The summed E-state index contributed by atoms with van der Waals surface area (Å²) in [7, 11) is 2.27. The smallest absolute Gasteiger partial charge is 0.0719 e.